The first-order valence-corrected chi connectivity index (χ1v) is 14.5. The van der Waals surface area contributed by atoms with E-state index in [1.165, 1.54) is 11.0 Å². The Kier molecular flexibility index (Phi) is 9.69. The highest BCUT2D eigenvalue weighted by Gasteiger charge is 2.45. The van der Waals surface area contributed by atoms with E-state index in [0.717, 1.165) is 0 Å². The molecule has 0 radical (unpaired) electrons. The molecule has 1 aromatic rings. The number of hydrogen-bond donors (Lipinski definition) is 5. The highest BCUT2D eigenvalue weighted by atomic mass is 16.5. The maximum atomic E-state index is 13.7. The van der Waals surface area contributed by atoms with Gasteiger partial charge in [-0.25, -0.2) is 0 Å². The zero-order chi connectivity index (χ0) is 30.4. The Hall–Kier alpha value is -4.16. The summed E-state index contributed by atoms with van der Waals surface area (Å²) in [6, 6.07) is 3.81. The summed E-state index contributed by atoms with van der Waals surface area (Å²) < 4.78 is 5.89. The van der Waals surface area contributed by atoms with Gasteiger partial charge in [-0.1, -0.05) is 38.8 Å². The summed E-state index contributed by atoms with van der Waals surface area (Å²) in [7, 11) is 0. The zero-order valence-electron chi connectivity index (χ0n) is 24.3. The van der Waals surface area contributed by atoms with E-state index < -0.39 is 53.7 Å². The minimum absolute atomic E-state index is 0.0318. The van der Waals surface area contributed by atoms with E-state index in [9.17, 15) is 28.8 Å². The van der Waals surface area contributed by atoms with Crippen molar-refractivity contribution < 1.29 is 33.5 Å². The lowest BCUT2D eigenvalue weighted by Crippen LogP contribution is -2.63. The summed E-state index contributed by atoms with van der Waals surface area (Å²) in [5.41, 5.74) is -1.12. The fourth-order valence-electron chi connectivity index (χ4n) is 5.56. The molecule has 2 fully saturated rings. The Bertz CT molecular complexity index is 1230. The first kappa shape index (κ1) is 30.8. The Morgan fingerprint density at radius 1 is 1.00 bits per heavy atom. The molecule has 13 heteroatoms. The largest absolute Gasteiger partial charge is 0.491 e. The fourth-order valence-corrected chi connectivity index (χ4v) is 5.56. The van der Waals surface area contributed by atoms with Crippen molar-refractivity contribution in [2.75, 3.05) is 26.2 Å². The van der Waals surface area contributed by atoms with Crippen LogP contribution in [-0.4, -0.2) is 90.2 Å². The molecule has 0 unspecified atom stereocenters. The molecule has 1 saturated heterocycles. The van der Waals surface area contributed by atoms with Crippen LogP contribution in [0.2, 0.25) is 0 Å². The molecular weight excluding hydrogens is 544 g/mol. The minimum atomic E-state index is -1.31. The number of carbonyl (C=O) groups excluding carboxylic acids is 6. The van der Waals surface area contributed by atoms with Crippen LogP contribution in [-0.2, 0) is 24.0 Å². The molecule has 2 heterocycles. The van der Waals surface area contributed by atoms with E-state index in [0.29, 0.717) is 25.7 Å². The fraction of sp³-hybridized carbons (Fsp3) is 0.586. The lowest BCUT2D eigenvalue weighted by atomic mass is 9.93. The van der Waals surface area contributed by atoms with Crippen LogP contribution in [0.4, 0.5) is 0 Å². The van der Waals surface area contributed by atoms with Crippen LogP contribution in [0.25, 0.3) is 0 Å². The minimum Gasteiger partial charge on any atom is -0.491 e. The van der Waals surface area contributed by atoms with Crippen molar-refractivity contribution in [1.82, 2.24) is 31.5 Å². The predicted molar refractivity (Wildman–Crippen MR) is 151 cm³/mol. The standard InChI is InChI=1S/C29H40N6O7/c1-17(2)24-26(39)31-18(3)16-42-21-9-5-4-8-19(21)25(38)32-20(27(40)35-13-12-30-23(37)15-35)14-22(36)34-29(28(41)33-24)10-6-7-11-29/h4-5,8-9,17-18,20,24H,6-7,10-16H2,1-3H3,(H,30,37)(H,31,39)(H,32,38)(H,33,41)(H,34,36)/t18-,20-,24+/m0/s1. The van der Waals surface area contributed by atoms with Crippen molar-refractivity contribution in [2.45, 2.75) is 76.5 Å². The number of fused-ring (bicyclic) bond motifs is 1. The van der Waals surface area contributed by atoms with Gasteiger partial charge in [-0.05, 0) is 37.8 Å². The molecule has 1 aliphatic carbocycles. The van der Waals surface area contributed by atoms with E-state index in [1.54, 1.807) is 25.1 Å². The van der Waals surface area contributed by atoms with Crippen molar-refractivity contribution in [2.24, 2.45) is 5.92 Å². The number of carbonyl (C=O) groups is 6. The molecule has 3 aliphatic rings. The molecule has 42 heavy (non-hydrogen) atoms. The maximum absolute atomic E-state index is 13.7. The molecule has 5 N–H and O–H groups in total. The summed E-state index contributed by atoms with van der Waals surface area (Å²) in [6.07, 6.45) is 1.67. The van der Waals surface area contributed by atoms with Crippen molar-refractivity contribution in [3.8, 4) is 5.75 Å². The molecule has 0 bridgehead atoms. The third-order valence-electron chi connectivity index (χ3n) is 7.86. The maximum Gasteiger partial charge on any atom is 0.255 e. The summed E-state index contributed by atoms with van der Waals surface area (Å²) in [6.45, 7) is 5.69. The highest BCUT2D eigenvalue weighted by Crippen LogP contribution is 2.31. The Morgan fingerprint density at radius 2 is 1.71 bits per heavy atom. The Labute approximate surface area is 244 Å². The van der Waals surface area contributed by atoms with E-state index >= 15 is 0 Å². The quantitative estimate of drug-likeness (QED) is 0.314. The lowest BCUT2D eigenvalue weighted by Gasteiger charge is -2.33. The van der Waals surface area contributed by atoms with Crippen molar-refractivity contribution in [3.05, 3.63) is 29.8 Å². The summed E-state index contributed by atoms with van der Waals surface area (Å²) in [5, 5.41) is 13.9. The Balaban J connectivity index is 1.69. The molecule has 1 saturated carbocycles. The highest BCUT2D eigenvalue weighted by molar-refractivity contribution is 6.02. The van der Waals surface area contributed by atoms with Crippen LogP contribution in [0.3, 0.4) is 0 Å². The van der Waals surface area contributed by atoms with Gasteiger partial charge in [0.25, 0.3) is 5.91 Å². The van der Waals surface area contributed by atoms with Crippen molar-refractivity contribution in [3.63, 3.8) is 0 Å². The number of nitrogens with one attached hydrogen (secondary N) is 5. The first-order valence-electron chi connectivity index (χ1n) is 14.5. The van der Waals surface area contributed by atoms with Gasteiger partial charge >= 0.3 is 0 Å². The second-order valence-corrected chi connectivity index (χ2v) is 11.6. The van der Waals surface area contributed by atoms with Gasteiger partial charge in [-0.15, -0.1) is 0 Å². The van der Waals surface area contributed by atoms with E-state index in [-0.39, 0.29) is 55.3 Å². The summed E-state index contributed by atoms with van der Waals surface area (Å²) in [5.74, 6) is -3.06. The van der Waals surface area contributed by atoms with Gasteiger partial charge in [0.15, 0.2) is 0 Å². The van der Waals surface area contributed by atoms with Gasteiger partial charge in [0.2, 0.25) is 29.5 Å². The third-order valence-corrected chi connectivity index (χ3v) is 7.86. The average molecular weight is 585 g/mol. The zero-order valence-corrected chi connectivity index (χ0v) is 24.3. The average Bonchev–Trinajstić information content (AvgIpc) is 3.42. The molecule has 6 amide bonds. The molecular formula is C29H40N6O7. The van der Waals surface area contributed by atoms with Gasteiger partial charge in [0.05, 0.1) is 24.6 Å². The number of piperazine rings is 1. The summed E-state index contributed by atoms with van der Waals surface area (Å²) >= 11 is 0. The molecule has 2 aliphatic heterocycles. The van der Waals surface area contributed by atoms with Gasteiger partial charge in [0.1, 0.15) is 30.0 Å². The van der Waals surface area contributed by atoms with E-state index in [2.05, 4.69) is 26.6 Å². The molecule has 228 valence electrons. The van der Waals surface area contributed by atoms with Crippen LogP contribution < -0.4 is 31.3 Å². The molecule has 3 atom stereocenters. The van der Waals surface area contributed by atoms with Crippen LogP contribution in [0.1, 0.15) is 63.2 Å². The monoisotopic (exact) mass is 584 g/mol. The molecule has 0 aromatic heterocycles. The Morgan fingerprint density at radius 3 is 2.40 bits per heavy atom. The van der Waals surface area contributed by atoms with Crippen LogP contribution in [0.5, 0.6) is 5.75 Å². The lowest BCUT2D eigenvalue weighted by molar-refractivity contribution is -0.141. The van der Waals surface area contributed by atoms with Gasteiger partial charge < -0.3 is 36.2 Å². The molecule has 4 rings (SSSR count). The smallest absolute Gasteiger partial charge is 0.255 e. The van der Waals surface area contributed by atoms with Gasteiger partial charge in [-0.3, -0.25) is 28.8 Å². The van der Waals surface area contributed by atoms with Crippen LogP contribution in [0.15, 0.2) is 24.3 Å². The van der Waals surface area contributed by atoms with Crippen molar-refractivity contribution >= 4 is 35.4 Å². The van der Waals surface area contributed by atoms with Crippen LogP contribution >= 0.6 is 0 Å². The second kappa shape index (κ2) is 13.2. The first-order chi connectivity index (χ1) is 20.0. The van der Waals surface area contributed by atoms with Gasteiger partial charge in [-0.2, -0.15) is 0 Å². The van der Waals surface area contributed by atoms with Crippen molar-refractivity contribution in [1.29, 1.82) is 0 Å². The third kappa shape index (κ3) is 7.18. The molecule has 13 nitrogen and oxygen atoms in total. The second-order valence-electron chi connectivity index (χ2n) is 11.6. The molecule has 1 spiro atoms. The molecule has 1 aromatic carbocycles. The number of amides is 6. The predicted octanol–water partition coefficient (Wildman–Crippen LogP) is -0.400. The number of nitrogens with zero attached hydrogens (tertiary/aromatic N) is 1. The number of hydrogen-bond acceptors (Lipinski definition) is 7. The topological polar surface area (TPSA) is 175 Å². The van der Waals surface area contributed by atoms with E-state index in [1.807, 2.05) is 13.8 Å². The van der Waals surface area contributed by atoms with Gasteiger partial charge in [0, 0.05) is 13.1 Å². The normalized spacial score (nSPS) is 25.8. The number of benzene rings is 1. The number of ether oxygens (including phenoxy) is 1. The number of rotatable bonds is 2. The van der Waals surface area contributed by atoms with E-state index in [4.69, 9.17) is 4.74 Å². The van der Waals surface area contributed by atoms with Crippen LogP contribution in [0, 0.1) is 5.92 Å². The SMILES string of the molecule is CC(C)[C@H]1NC(=O)C2(CCCC2)NC(=O)C[C@@H](C(=O)N2CCNC(=O)C2)NC(=O)c2ccccc2OC[C@H](C)NC1=O. The summed E-state index contributed by atoms with van der Waals surface area (Å²) in [4.78, 5) is 80.7. The number of para-hydroxylation sites is 1.